The van der Waals surface area contributed by atoms with Crippen LogP contribution < -0.4 is 10.1 Å². The van der Waals surface area contributed by atoms with Gasteiger partial charge < -0.3 is 15.0 Å². The molecule has 7 nitrogen and oxygen atoms in total. The molecule has 4 rings (SSSR count). The van der Waals surface area contributed by atoms with Gasteiger partial charge in [0.1, 0.15) is 17.9 Å². The van der Waals surface area contributed by atoms with Gasteiger partial charge in [0.05, 0.1) is 24.4 Å². The number of aromatic nitrogens is 1. The Morgan fingerprint density at radius 2 is 2.11 bits per heavy atom. The Morgan fingerprint density at radius 3 is 2.82 bits per heavy atom. The minimum absolute atomic E-state index is 0.149. The zero-order valence-corrected chi connectivity index (χ0v) is 15.2. The SMILES string of the molecule is N#Cc1cccc(C(=O)N2C[C@@H](Oc3cccnc3)C[C@H]2C(=O)NC2CC2)c1. The van der Waals surface area contributed by atoms with Crippen molar-refractivity contribution in [3.8, 4) is 11.8 Å². The van der Waals surface area contributed by atoms with E-state index in [0.717, 1.165) is 12.8 Å². The highest BCUT2D eigenvalue weighted by Gasteiger charge is 2.42. The van der Waals surface area contributed by atoms with Crippen molar-refractivity contribution >= 4 is 11.8 Å². The van der Waals surface area contributed by atoms with Crippen LogP contribution >= 0.6 is 0 Å². The van der Waals surface area contributed by atoms with E-state index in [1.165, 1.54) is 0 Å². The molecule has 1 aromatic heterocycles. The summed E-state index contributed by atoms with van der Waals surface area (Å²) in [4.78, 5) is 31.4. The van der Waals surface area contributed by atoms with Gasteiger partial charge in [0.2, 0.25) is 5.91 Å². The summed E-state index contributed by atoms with van der Waals surface area (Å²) in [5, 5.41) is 12.1. The van der Waals surface area contributed by atoms with Crippen molar-refractivity contribution in [2.45, 2.75) is 37.5 Å². The van der Waals surface area contributed by atoms with Crippen LogP contribution in [0.25, 0.3) is 0 Å². The fraction of sp³-hybridized carbons (Fsp3) is 0.333. The molecule has 2 amide bonds. The van der Waals surface area contributed by atoms with Gasteiger partial charge in [-0.15, -0.1) is 0 Å². The van der Waals surface area contributed by atoms with Gasteiger partial charge in [0, 0.05) is 24.2 Å². The second-order valence-electron chi connectivity index (χ2n) is 7.11. The Balaban J connectivity index is 1.55. The number of carbonyl (C=O) groups excluding carboxylic acids is 2. The number of nitrogens with one attached hydrogen (secondary N) is 1. The van der Waals surface area contributed by atoms with Crippen LogP contribution in [0.1, 0.15) is 35.2 Å². The molecule has 1 aliphatic carbocycles. The summed E-state index contributed by atoms with van der Waals surface area (Å²) >= 11 is 0. The molecule has 7 heteroatoms. The van der Waals surface area contributed by atoms with Gasteiger partial charge in [-0.2, -0.15) is 5.26 Å². The molecule has 0 radical (unpaired) electrons. The Labute approximate surface area is 162 Å². The second kappa shape index (κ2) is 7.69. The van der Waals surface area contributed by atoms with Gasteiger partial charge in [-0.1, -0.05) is 6.07 Å². The van der Waals surface area contributed by atoms with Crippen LogP contribution in [0.4, 0.5) is 0 Å². The zero-order valence-electron chi connectivity index (χ0n) is 15.2. The number of likely N-dealkylation sites (tertiary alicyclic amines) is 1. The van der Waals surface area contributed by atoms with E-state index in [4.69, 9.17) is 10.00 Å². The van der Waals surface area contributed by atoms with Gasteiger partial charge in [-0.05, 0) is 43.2 Å². The molecule has 142 valence electrons. The van der Waals surface area contributed by atoms with Gasteiger partial charge in [-0.3, -0.25) is 14.6 Å². The van der Waals surface area contributed by atoms with Crippen LogP contribution in [0, 0.1) is 11.3 Å². The van der Waals surface area contributed by atoms with E-state index in [1.54, 1.807) is 53.7 Å². The quantitative estimate of drug-likeness (QED) is 0.860. The Morgan fingerprint density at radius 1 is 1.25 bits per heavy atom. The van der Waals surface area contributed by atoms with E-state index in [2.05, 4.69) is 10.3 Å². The van der Waals surface area contributed by atoms with Crippen LogP contribution in [0.5, 0.6) is 5.75 Å². The van der Waals surface area contributed by atoms with Crippen molar-refractivity contribution in [2.75, 3.05) is 6.54 Å². The van der Waals surface area contributed by atoms with E-state index in [9.17, 15) is 9.59 Å². The number of hydrogen-bond acceptors (Lipinski definition) is 5. The first-order valence-electron chi connectivity index (χ1n) is 9.32. The number of nitrogens with zero attached hydrogens (tertiary/aromatic N) is 3. The highest BCUT2D eigenvalue weighted by atomic mass is 16.5. The van der Waals surface area contributed by atoms with Crippen LogP contribution in [0.2, 0.25) is 0 Å². The van der Waals surface area contributed by atoms with Crippen molar-refractivity contribution in [1.82, 2.24) is 15.2 Å². The molecule has 1 saturated carbocycles. The van der Waals surface area contributed by atoms with Gasteiger partial charge in [0.25, 0.3) is 5.91 Å². The second-order valence-corrected chi connectivity index (χ2v) is 7.11. The fourth-order valence-corrected chi connectivity index (χ4v) is 3.38. The summed E-state index contributed by atoms with van der Waals surface area (Å²) in [6.45, 7) is 0.299. The molecule has 1 aromatic carbocycles. The number of amides is 2. The molecule has 2 heterocycles. The highest BCUT2D eigenvalue weighted by Crippen LogP contribution is 2.26. The lowest BCUT2D eigenvalue weighted by Gasteiger charge is -2.23. The van der Waals surface area contributed by atoms with E-state index in [-0.39, 0.29) is 24.0 Å². The largest absolute Gasteiger partial charge is 0.487 e. The predicted octanol–water partition coefficient (Wildman–Crippen LogP) is 1.89. The summed E-state index contributed by atoms with van der Waals surface area (Å²) in [5.41, 5.74) is 0.803. The number of hydrogen-bond donors (Lipinski definition) is 1. The third kappa shape index (κ3) is 3.96. The summed E-state index contributed by atoms with van der Waals surface area (Å²) in [7, 11) is 0. The number of benzene rings is 1. The minimum Gasteiger partial charge on any atom is -0.487 e. The van der Waals surface area contributed by atoms with Crippen molar-refractivity contribution in [3.05, 3.63) is 59.9 Å². The van der Waals surface area contributed by atoms with Gasteiger partial charge in [-0.25, -0.2) is 0 Å². The summed E-state index contributed by atoms with van der Waals surface area (Å²) in [6, 6.07) is 11.8. The molecule has 2 fully saturated rings. The van der Waals surface area contributed by atoms with E-state index in [0.29, 0.717) is 29.8 Å². The Bertz CT molecular complexity index is 921. The fourth-order valence-electron chi connectivity index (χ4n) is 3.38. The molecule has 2 aliphatic rings. The third-order valence-electron chi connectivity index (χ3n) is 4.93. The zero-order chi connectivity index (χ0) is 19.5. The lowest BCUT2D eigenvalue weighted by Crippen LogP contribution is -2.46. The smallest absolute Gasteiger partial charge is 0.254 e. The van der Waals surface area contributed by atoms with Crippen LogP contribution in [0.15, 0.2) is 48.8 Å². The van der Waals surface area contributed by atoms with Gasteiger partial charge >= 0.3 is 0 Å². The lowest BCUT2D eigenvalue weighted by molar-refractivity contribution is -0.125. The van der Waals surface area contributed by atoms with Crippen LogP contribution in [-0.4, -0.2) is 46.4 Å². The van der Waals surface area contributed by atoms with E-state index < -0.39 is 6.04 Å². The molecule has 28 heavy (non-hydrogen) atoms. The van der Waals surface area contributed by atoms with Crippen LogP contribution in [-0.2, 0) is 4.79 Å². The van der Waals surface area contributed by atoms with Crippen molar-refractivity contribution in [2.24, 2.45) is 0 Å². The lowest BCUT2D eigenvalue weighted by atomic mass is 10.1. The van der Waals surface area contributed by atoms with E-state index in [1.807, 2.05) is 6.07 Å². The summed E-state index contributed by atoms with van der Waals surface area (Å²) in [5.74, 6) is 0.185. The first-order chi connectivity index (χ1) is 13.6. The monoisotopic (exact) mass is 376 g/mol. The number of ether oxygens (including phenoxy) is 1. The molecule has 1 N–H and O–H groups in total. The van der Waals surface area contributed by atoms with Gasteiger partial charge in [0.15, 0.2) is 0 Å². The van der Waals surface area contributed by atoms with E-state index >= 15 is 0 Å². The highest BCUT2D eigenvalue weighted by molar-refractivity contribution is 5.98. The summed E-state index contributed by atoms with van der Waals surface area (Å²) < 4.78 is 5.95. The molecule has 2 atom stereocenters. The number of nitriles is 1. The van der Waals surface area contributed by atoms with Crippen LogP contribution in [0.3, 0.4) is 0 Å². The van der Waals surface area contributed by atoms with Crippen molar-refractivity contribution in [1.29, 1.82) is 5.26 Å². The molecule has 1 aliphatic heterocycles. The maximum Gasteiger partial charge on any atom is 0.254 e. The average Bonchev–Trinajstić information content (AvgIpc) is 3.44. The third-order valence-corrected chi connectivity index (χ3v) is 4.93. The molecule has 0 unspecified atom stereocenters. The molecule has 0 bridgehead atoms. The molecular weight excluding hydrogens is 356 g/mol. The average molecular weight is 376 g/mol. The number of carbonyl (C=O) groups is 2. The molecular formula is C21H20N4O3. The maximum atomic E-state index is 13.1. The first-order valence-corrected chi connectivity index (χ1v) is 9.32. The number of pyridine rings is 1. The van der Waals surface area contributed by atoms with Crippen molar-refractivity contribution in [3.63, 3.8) is 0 Å². The predicted molar refractivity (Wildman–Crippen MR) is 100 cm³/mol. The number of rotatable bonds is 5. The minimum atomic E-state index is -0.597. The topological polar surface area (TPSA) is 95.3 Å². The molecule has 1 saturated heterocycles. The van der Waals surface area contributed by atoms with Crippen molar-refractivity contribution < 1.29 is 14.3 Å². The standard InChI is InChI=1S/C21H20N4O3/c22-11-14-3-1-4-15(9-14)21(27)25-13-18(28-17-5-2-8-23-12-17)10-19(25)20(26)24-16-6-7-16/h1-5,8-9,12,16,18-19H,6-7,10,13H2,(H,24,26)/t18-,19-/m0/s1. The molecule has 2 aromatic rings. The maximum absolute atomic E-state index is 13.1. The molecule has 0 spiro atoms. The Hall–Kier alpha value is -3.40. The first kappa shape index (κ1) is 18.0. The Kier molecular flexibility index (Phi) is 4.94. The summed E-state index contributed by atoms with van der Waals surface area (Å²) in [6.07, 6.45) is 5.34. The normalized spacial score (nSPS) is 21.0.